The number of thiophene rings is 1. The molecule has 1 aromatic heterocycles. The summed E-state index contributed by atoms with van der Waals surface area (Å²) >= 11 is 4.19. The maximum atomic E-state index is 3.43. The lowest BCUT2D eigenvalue weighted by molar-refractivity contribution is 0.643. The Kier molecular flexibility index (Phi) is 5.42. The first-order chi connectivity index (χ1) is 9.10. The van der Waals surface area contributed by atoms with E-state index in [4.69, 9.17) is 0 Å². The van der Waals surface area contributed by atoms with E-state index < -0.39 is 0 Å². The van der Waals surface area contributed by atoms with Gasteiger partial charge in [0.05, 0.1) is 8.93 Å². The molecule has 3 heteroatoms. The highest BCUT2D eigenvalue weighted by Crippen LogP contribution is 2.28. The molecular formula is C16H20INS. The first-order valence-corrected chi connectivity index (χ1v) is 8.56. The van der Waals surface area contributed by atoms with Gasteiger partial charge in [0.15, 0.2) is 0 Å². The highest BCUT2D eigenvalue weighted by atomic mass is 127. The Bertz CT molecular complexity index is 533. The predicted molar refractivity (Wildman–Crippen MR) is 92.9 cm³/mol. The minimum Gasteiger partial charge on any atom is -0.309 e. The summed E-state index contributed by atoms with van der Waals surface area (Å²) in [6.45, 7) is 4.53. The van der Waals surface area contributed by atoms with Crippen molar-refractivity contribution in [3.8, 4) is 0 Å². The second-order valence-electron chi connectivity index (χ2n) is 5.25. The minimum atomic E-state index is 0.298. The van der Waals surface area contributed by atoms with Crippen molar-refractivity contribution in [1.82, 2.24) is 5.32 Å². The zero-order chi connectivity index (χ0) is 13.8. The molecule has 1 atom stereocenters. The van der Waals surface area contributed by atoms with Crippen molar-refractivity contribution in [2.24, 2.45) is 5.92 Å². The molecule has 0 saturated carbocycles. The van der Waals surface area contributed by atoms with Crippen LogP contribution < -0.4 is 5.32 Å². The Morgan fingerprint density at radius 1 is 1.21 bits per heavy atom. The Labute approximate surface area is 133 Å². The lowest BCUT2D eigenvalue weighted by Crippen LogP contribution is -2.17. The highest BCUT2D eigenvalue weighted by molar-refractivity contribution is 14.1. The van der Waals surface area contributed by atoms with Crippen LogP contribution in [0, 0.1) is 8.80 Å². The van der Waals surface area contributed by atoms with E-state index in [1.165, 1.54) is 19.6 Å². The van der Waals surface area contributed by atoms with Crippen LogP contribution in [0.2, 0.25) is 0 Å². The molecule has 0 bridgehead atoms. The summed E-state index contributed by atoms with van der Waals surface area (Å²) in [5, 5.41) is 5.68. The van der Waals surface area contributed by atoms with Crippen molar-refractivity contribution < 1.29 is 0 Å². The van der Waals surface area contributed by atoms with Crippen molar-refractivity contribution >= 4 is 33.9 Å². The quantitative estimate of drug-likeness (QED) is 0.725. The van der Waals surface area contributed by atoms with E-state index in [-0.39, 0.29) is 0 Å². The smallest absolute Gasteiger partial charge is 0.0656 e. The van der Waals surface area contributed by atoms with Gasteiger partial charge < -0.3 is 5.32 Å². The van der Waals surface area contributed by atoms with Crippen LogP contribution in [0.25, 0.3) is 0 Å². The number of nitrogens with one attached hydrogen (secondary N) is 1. The topological polar surface area (TPSA) is 12.0 Å². The third-order valence-electron chi connectivity index (χ3n) is 3.14. The largest absolute Gasteiger partial charge is 0.309 e. The second kappa shape index (κ2) is 6.86. The Morgan fingerprint density at radius 3 is 2.58 bits per heavy atom. The van der Waals surface area contributed by atoms with Gasteiger partial charge in [0.1, 0.15) is 0 Å². The molecule has 1 unspecified atom stereocenters. The normalized spacial score (nSPS) is 12.9. The molecule has 0 aliphatic rings. The molecule has 0 radical (unpaired) electrons. The second-order valence-corrected chi connectivity index (χ2v) is 8.05. The molecule has 1 heterocycles. The van der Waals surface area contributed by atoms with Crippen LogP contribution >= 0.6 is 33.9 Å². The fourth-order valence-electron chi connectivity index (χ4n) is 2.37. The van der Waals surface area contributed by atoms with E-state index in [0.717, 1.165) is 6.42 Å². The average Bonchev–Trinajstić information content (AvgIpc) is 2.76. The van der Waals surface area contributed by atoms with Crippen LogP contribution in [0.3, 0.4) is 0 Å². The number of rotatable bonds is 5. The summed E-state index contributed by atoms with van der Waals surface area (Å²) in [5.74, 6) is 0.699. The summed E-state index contributed by atoms with van der Waals surface area (Å²) in [4.78, 5) is 0. The average molecular weight is 385 g/mol. The fraction of sp³-hybridized carbons (Fsp3) is 0.375. The van der Waals surface area contributed by atoms with E-state index in [1.807, 2.05) is 7.05 Å². The first kappa shape index (κ1) is 15.0. The zero-order valence-electron chi connectivity index (χ0n) is 11.6. The van der Waals surface area contributed by atoms with E-state index in [0.29, 0.717) is 12.0 Å². The fourth-order valence-corrected chi connectivity index (χ4v) is 3.77. The first-order valence-electron chi connectivity index (χ1n) is 6.60. The molecule has 19 heavy (non-hydrogen) atoms. The number of hydrogen-bond donors (Lipinski definition) is 1. The standard InChI is InChI=1S/C16H20INS/c1-11(2)7-12-5-4-6-13(8-12)16(18-3)14-9-15(17)19-10-14/h4-6,8-11,16,18H,7H2,1-3H3. The molecule has 0 fully saturated rings. The minimum absolute atomic E-state index is 0.298. The van der Waals surface area contributed by atoms with Crippen LogP contribution in [0.5, 0.6) is 0 Å². The molecule has 2 rings (SSSR count). The van der Waals surface area contributed by atoms with Gasteiger partial charge in [-0.25, -0.2) is 0 Å². The summed E-state index contributed by atoms with van der Waals surface area (Å²) < 4.78 is 1.34. The molecule has 102 valence electrons. The third kappa shape index (κ3) is 4.04. The molecule has 0 saturated heterocycles. The molecule has 0 amide bonds. The van der Waals surface area contributed by atoms with Crippen LogP contribution in [-0.4, -0.2) is 7.05 Å². The van der Waals surface area contributed by atoms with E-state index >= 15 is 0 Å². The van der Waals surface area contributed by atoms with Gasteiger partial charge >= 0.3 is 0 Å². The van der Waals surface area contributed by atoms with Crippen LogP contribution in [0.1, 0.15) is 36.6 Å². The Morgan fingerprint density at radius 2 is 2.00 bits per heavy atom. The SMILES string of the molecule is CNC(c1cccc(CC(C)C)c1)c1csc(I)c1. The van der Waals surface area contributed by atoms with Gasteiger partial charge in [-0.05, 0) is 70.1 Å². The number of halogens is 1. The summed E-state index contributed by atoms with van der Waals surface area (Å²) in [6.07, 6.45) is 1.14. The predicted octanol–water partition coefficient (Wildman–Crippen LogP) is 4.86. The van der Waals surface area contributed by atoms with E-state index in [1.54, 1.807) is 11.3 Å². The van der Waals surface area contributed by atoms with Crippen LogP contribution in [0.15, 0.2) is 35.7 Å². The highest BCUT2D eigenvalue weighted by Gasteiger charge is 2.14. The van der Waals surface area contributed by atoms with Crippen molar-refractivity contribution in [1.29, 1.82) is 0 Å². The zero-order valence-corrected chi connectivity index (χ0v) is 14.6. The molecule has 1 aromatic carbocycles. The molecule has 0 aliphatic heterocycles. The Hall–Kier alpha value is -0.390. The molecule has 0 aliphatic carbocycles. The third-order valence-corrected chi connectivity index (χ3v) is 4.95. The van der Waals surface area contributed by atoms with Gasteiger partial charge in [-0.15, -0.1) is 11.3 Å². The summed E-state index contributed by atoms with van der Waals surface area (Å²) in [5.41, 5.74) is 4.14. The van der Waals surface area contributed by atoms with Crippen LogP contribution in [-0.2, 0) is 6.42 Å². The van der Waals surface area contributed by atoms with E-state index in [9.17, 15) is 0 Å². The maximum Gasteiger partial charge on any atom is 0.0656 e. The number of benzene rings is 1. The molecule has 0 spiro atoms. The van der Waals surface area contributed by atoms with Crippen LogP contribution in [0.4, 0.5) is 0 Å². The van der Waals surface area contributed by atoms with Gasteiger partial charge in [-0.3, -0.25) is 0 Å². The molecular weight excluding hydrogens is 365 g/mol. The van der Waals surface area contributed by atoms with Crippen molar-refractivity contribution in [3.63, 3.8) is 0 Å². The van der Waals surface area contributed by atoms with Crippen molar-refractivity contribution in [3.05, 3.63) is 55.3 Å². The van der Waals surface area contributed by atoms with E-state index in [2.05, 4.69) is 77.5 Å². The van der Waals surface area contributed by atoms with Gasteiger partial charge in [-0.1, -0.05) is 38.1 Å². The summed E-state index contributed by atoms with van der Waals surface area (Å²) in [7, 11) is 2.03. The number of hydrogen-bond acceptors (Lipinski definition) is 2. The molecule has 2 aromatic rings. The van der Waals surface area contributed by atoms with Gasteiger partial charge in [-0.2, -0.15) is 0 Å². The van der Waals surface area contributed by atoms with Crippen molar-refractivity contribution in [2.75, 3.05) is 7.05 Å². The lowest BCUT2D eigenvalue weighted by Gasteiger charge is -2.17. The molecule has 1 N–H and O–H groups in total. The maximum absolute atomic E-state index is 3.43. The monoisotopic (exact) mass is 385 g/mol. The lowest BCUT2D eigenvalue weighted by atomic mass is 9.96. The van der Waals surface area contributed by atoms with Gasteiger partial charge in [0.25, 0.3) is 0 Å². The molecule has 1 nitrogen and oxygen atoms in total. The van der Waals surface area contributed by atoms with Gasteiger partial charge in [0.2, 0.25) is 0 Å². The Balaban J connectivity index is 2.28. The summed E-state index contributed by atoms with van der Waals surface area (Å²) in [6, 6.07) is 11.5. The van der Waals surface area contributed by atoms with Gasteiger partial charge in [0, 0.05) is 0 Å². The van der Waals surface area contributed by atoms with Crippen molar-refractivity contribution in [2.45, 2.75) is 26.3 Å².